The topological polar surface area (TPSA) is 55.1 Å². The number of carbonyl (C=O) groups excluding carboxylic acids is 1. The number of nitrogens with one attached hydrogen (secondary N) is 1. The van der Waals surface area contributed by atoms with Crippen molar-refractivity contribution in [1.82, 2.24) is 0 Å². The van der Waals surface area contributed by atoms with Gasteiger partial charge >= 0.3 is 0 Å². The molecule has 0 radical (unpaired) electrons. The van der Waals surface area contributed by atoms with Crippen LogP contribution in [0.1, 0.15) is 11.1 Å². The van der Waals surface area contributed by atoms with Gasteiger partial charge in [0.05, 0.1) is 17.8 Å². The Kier molecular flexibility index (Phi) is 4.68. The number of carbonyl (C=O) groups is 1. The summed E-state index contributed by atoms with van der Waals surface area (Å²) < 4.78 is 0.886. The van der Waals surface area contributed by atoms with Gasteiger partial charge < -0.3 is 11.1 Å². The monoisotopic (exact) mass is 352 g/mol. The lowest BCUT2D eigenvalue weighted by atomic mass is 10.1. The fourth-order valence-corrected chi connectivity index (χ4v) is 2.73. The fourth-order valence-electron chi connectivity index (χ4n) is 1.94. The molecule has 3 N–H and O–H groups in total. The smallest absolute Gasteiger partial charge is 0.228 e. The second kappa shape index (κ2) is 6.29. The number of hydrogen-bond acceptors (Lipinski definition) is 2. The quantitative estimate of drug-likeness (QED) is 0.814. The predicted molar refractivity (Wildman–Crippen MR) is 87.1 cm³/mol. The molecule has 0 aliphatic heterocycles. The number of aryl methyl sites for hydroxylation is 1. The van der Waals surface area contributed by atoms with Gasteiger partial charge in [-0.05, 0) is 36.2 Å². The minimum Gasteiger partial charge on any atom is -0.397 e. The first-order valence-electron chi connectivity index (χ1n) is 6.06. The number of halogens is 2. The first-order valence-corrected chi connectivity index (χ1v) is 7.23. The summed E-state index contributed by atoms with van der Waals surface area (Å²) >= 11 is 9.41. The highest BCUT2D eigenvalue weighted by atomic mass is 79.9. The van der Waals surface area contributed by atoms with Crippen LogP contribution in [0.3, 0.4) is 0 Å². The Hall–Kier alpha value is -1.52. The molecule has 0 aliphatic carbocycles. The molecule has 5 heteroatoms. The molecule has 0 spiro atoms. The molecule has 0 unspecified atom stereocenters. The van der Waals surface area contributed by atoms with Crippen LogP contribution < -0.4 is 11.1 Å². The molecular weight excluding hydrogens is 340 g/mol. The third-order valence-corrected chi connectivity index (χ3v) is 3.73. The van der Waals surface area contributed by atoms with E-state index in [2.05, 4.69) is 21.2 Å². The molecule has 2 aromatic carbocycles. The first kappa shape index (κ1) is 14.9. The molecule has 0 fully saturated rings. The summed E-state index contributed by atoms with van der Waals surface area (Å²) in [5.41, 5.74) is 8.80. The normalized spacial score (nSPS) is 10.3. The zero-order valence-electron chi connectivity index (χ0n) is 10.9. The molecule has 0 bridgehead atoms. The van der Waals surface area contributed by atoms with Crippen LogP contribution in [-0.4, -0.2) is 5.91 Å². The Balaban J connectivity index is 2.15. The van der Waals surface area contributed by atoms with E-state index in [0.29, 0.717) is 16.4 Å². The van der Waals surface area contributed by atoms with E-state index < -0.39 is 0 Å². The maximum atomic E-state index is 12.1. The van der Waals surface area contributed by atoms with Gasteiger partial charge in [0, 0.05) is 9.50 Å². The Bertz CT molecular complexity index is 635. The largest absolute Gasteiger partial charge is 0.397 e. The summed E-state index contributed by atoms with van der Waals surface area (Å²) in [5.74, 6) is -0.143. The van der Waals surface area contributed by atoms with Gasteiger partial charge in [-0.1, -0.05) is 45.7 Å². The molecular formula is C15H14BrClN2O. The van der Waals surface area contributed by atoms with Gasteiger partial charge in [0.1, 0.15) is 0 Å². The number of rotatable bonds is 3. The van der Waals surface area contributed by atoms with Crippen molar-refractivity contribution in [3.05, 3.63) is 57.0 Å². The van der Waals surface area contributed by atoms with Crippen molar-refractivity contribution in [2.24, 2.45) is 0 Å². The standard InChI is InChI=1S/C15H14BrClN2O/c1-9-6-11(16)8-13(18)15(9)19-14(20)7-10-4-2-3-5-12(10)17/h2-6,8H,7,18H2,1H3,(H,19,20). The maximum Gasteiger partial charge on any atom is 0.228 e. The molecule has 2 aromatic rings. The highest BCUT2D eigenvalue weighted by Gasteiger charge is 2.11. The molecule has 0 heterocycles. The van der Waals surface area contributed by atoms with E-state index in [9.17, 15) is 4.79 Å². The third kappa shape index (κ3) is 3.52. The van der Waals surface area contributed by atoms with Gasteiger partial charge in [0.25, 0.3) is 0 Å². The van der Waals surface area contributed by atoms with Gasteiger partial charge in [-0.3, -0.25) is 4.79 Å². The summed E-state index contributed by atoms with van der Waals surface area (Å²) in [6.45, 7) is 1.90. The Morgan fingerprint density at radius 1 is 1.35 bits per heavy atom. The Labute approximate surface area is 131 Å². The molecule has 0 aliphatic rings. The van der Waals surface area contributed by atoms with Gasteiger partial charge in [0.15, 0.2) is 0 Å². The van der Waals surface area contributed by atoms with Crippen molar-refractivity contribution in [3.8, 4) is 0 Å². The molecule has 2 rings (SSSR count). The van der Waals surface area contributed by atoms with Crippen LogP contribution in [0.25, 0.3) is 0 Å². The van der Waals surface area contributed by atoms with Gasteiger partial charge in [-0.2, -0.15) is 0 Å². The van der Waals surface area contributed by atoms with Crippen LogP contribution in [0.15, 0.2) is 40.9 Å². The minimum absolute atomic E-state index is 0.143. The number of amides is 1. The summed E-state index contributed by atoms with van der Waals surface area (Å²) in [6.07, 6.45) is 0.217. The third-order valence-electron chi connectivity index (χ3n) is 2.90. The molecule has 1 amide bonds. The van der Waals surface area contributed by atoms with E-state index in [0.717, 1.165) is 15.6 Å². The van der Waals surface area contributed by atoms with Gasteiger partial charge in [-0.15, -0.1) is 0 Å². The minimum atomic E-state index is -0.143. The molecule has 0 atom stereocenters. The number of benzene rings is 2. The predicted octanol–water partition coefficient (Wildman–Crippen LogP) is 4.17. The summed E-state index contributed by atoms with van der Waals surface area (Å²) in [7, 11) is 0. The lowest BCUT2D eigenvalue weighted by Crippen LogP contribution is -2.16. The average molecular weight is 354 g/mol. The lowest BCUT2D eigenvalue weighted by Gasteiger charge is -2.12. The van der Waals surface area contributed by atoms with Gasteiger partial charge in [0.2, 0.25) is 5.91 Å². The number of anilines is 2. The van der Waals surface area contributed by atoms with E-state index >= 15 is 0 Å². The molecule has 0 saturated heterocycles. The zero-order chi connectivity index (χ0) is 14.7. The molecule has 0 aromatic heterocycles. The van der Waals surface area contributed by atoms with Crippen molar-refractivity contribution < 1.29 is 4.79 Å². The second-order valence-corrected chi connectivity index (χ2v) is 5.83. The maximum absolute atomic E-state index is 12.1. The van der Waals surface area contributed by atoms with Crippen molar-refractivity contribution in [3.63, 3.8) is 0 Å². The van der Waals surface area contributed by atoms with Crippen molar-refractivity contribution in [1.29, 1.82) is 0 Å². The first-order chi connectivity index (χ1) is 9.47. The Morgan fingerprint density at radius 3 is 2.70 bits per heavy atom. The van der Waals surface area contributed by atoms with E-state index in [1.807, 2.05) is 31.2 Å². The van der Waals surface area contributed by atoms with Gasteiger partial charge in [-0.25, -0.2) is 0 Å². The Morgan fingerprint density at radius 2 is 2.05 bits per heavy atom. The molecule has 104 valence electrons. The summed E-state index contributed by atoms with van der Waals surface area (Å²) in [4.78, 5) is 12.1. The summed E-state index contributed by atoms with van der Waals surface area (Å²) in [5, 5.41) is 3.42. The van der Waals surface area contributed by atoms with Crippen LogP contribution in [0, 0.1) is 6.92 Å². The van der Waals surface area contributed by atoms with Crippen LogP contribution in [0.4, 0.5) is 11.4 Å². The van der Waals surface area contributed by atoms with Crippen LogP contribution in [0.5, 0.6) is 0 Å². The van der Waals surface area contributed by atoms with E-state index in [4.69, 9.17) is 17.3 Å². The zero-order valence-corrected chi connectivity index (χ0v) is 13.3. The van der Waals surface area contributed by atoms with Crippen molar-refractivity contribution >= 4 is 44.8 Å². The van der Waals surface area contributed by atoms with Crippen LogP contribution in [0.2, 0.25) is 5.02 Å². The lowest BCUT2D eigenvalue weighted by molar-refractivity contribution is -0.115. The number of nitrogen functional groups attached to an aromatic ring is 1. The number of hydrogen-bond donors (Lipinski definition) is 2. The van der Waals surface area contributed by atoms with Crippen molar-refractivity contribution in [2.45, 2.75) is 13.3 Å². The highest BCUT2D eigenvalue weighted by Crippen LogP contribution is 2.28. The fraction of sp³-hybridized carbons (Fsp3) is 0.133. The summed E-state index contributed by atoms with van der Waals surface area (Å²) in [6, 6.07) is 11.0. The van der Waals surface area contributed by atoms with Crippen molar-refractivity contribution in [2.75, 3.05) is 11.1 Å². The molecule has 20 heavy (non-hydrogen) atoms. The SMILES string of the molecule is Cc1cc(Br)cc(N)c1NC(=O)Cc1ccccc1Cl. The van der Waals surface area contributed by atoms with Crippen LogP contribution >= 0.6 is 27.5 Å². The number of nitrogens with two attached hydrogens (primary N) is 1. The second-order valence-electron chi connectivity index (χ2n) is 4.50. The van der Waals surface area contributed by atoms with Crippen LogP contribution in [-0.2, 0) is 11.2 Å². The van der Waals surface area contributed by atoms with E-state index in [1.165, 1.54) is 0 Å². The van der Waals surface area contributed by atoms with E-state index in [1.54, 1.807) is 12.1 Å². The molecule has 3 nitrogen and oxygen atoms in total. The highest BCUT2D eigenvalue weighted by molar-refractivity contribution is 9.10. The van der Waals surface area contributed by atoms with E-state index in [-0.39, 0.29) is 12.3 Å². The average Bonchev–Trinajstić information content (AvgIpc) is 2.36. The molecule has 0 saturated carbocycles.